The molecule has 1 rings (SSSR count). The molecule has 0 unspecified atom stereocenters. The predicted molar refractivity (Wildman–Crippen MR) is 60.0 cm³/mol. The van der Waals surface area contributed by atoms with Crippen LogP contribution in [0.1, 0.15) is 26.7 Å². The summed E-state index contributed by atoms with van der Waals surface area (Å²) in [7, 11) is 2.08. The van der Waals surface area contributed by atoms with Crippen LogP contribution in [0.4, 0.5) is 0 Å². The number of carboxylic acid groups (broad SMARTS) is 1. The average Bonchev–Trinajstić information content (AvgIpc) is 2.22. The molecule has 1 aliphatic rings. The molecule has 0 radical (unpaired) electrons. The Morgan fingerprint density at radius 2 is 1.67 bits per heavy atom. The lowest BCUT2D eigenvalue weighted by Crippen LogP contribution is -2.59. The second kappa shape index (κ2) is 4.94. The maximum atomic E-state index is 11.4. The van der Waals surface area contributed by atoms with E-state index in [0.29, 0.717) is 12.8 Å². The van der Waals surface area contributed by atoms with E-state index in [1.165, 1.54) is 0 Å². The summed E-state index contributed by atoms with van der Waals surface area (Å²) in [6.45, 7) is 7.60. The van der Waals surface area contributed by atoms with Gasteiger partial charge in [-0.3, -0.25) is 9.69 Å². The number of rotatable bonds is 4. The molecule has 4 heteroatoms. The molecule has 4 nitrogen and oxygen atoms in total. The van der Waals surface area contributed by atoms with Gasteiger partial charge in [0.25, 0.3) is 0 Å². The lowest BCUT2D eigenvalue weighted by molar-refractivity contribution is -0.153. The van der Waals surface area contributed by atoms with Crippen LogP contribution in [0, 0.1) is 0 Å². The molecule has 0 saturated carbocycles. The van der Waals surface area contributed by atoms with Crippen LogP contribution in [0.15, 0.2) is 0 Å². The first kappa shape index (κ1) is 12.5. The molecule has 0 atom stereocenters. The van der Waals surface area contributed by atoms with Gasteiger partial charge in [0, 0.05) is 26.2 Å². The molecule has 1 saturated heterocycles. The number of likely N-dealkylation sites (N-methyl/N-ethyl adjacent to an activating group) is 1. The number of piperazine rings is 1. The number of aliphatic carboxylic acids is 1. The molecule has 0 amide bonds. The first-order chi connectivity index (χ1) is 7.06. The van der Waals surface area contributed by atoms with E-state index in [1.54, 1.807) is 0 Å². The minimum absolute atomic E-state index is 0.638. The molecule has 88 valence electrons. The van der Waals surface area contributed by atoms with Crippen molar-refractivity contribution in [1.82, 2.24) is 9.80 Å². The van der Waals surface area contributed by atoms with Crippen molar-refractivity contribution in [1.29, 1.82) is 0 Å². The maximum absolute atomic E-state index is 11.4. The van der Waals surface area contributed by atoms with E-state index in [2.05, 4.69) is 16.8 Å². The highest BCUT2D eigenvalue weighted by atomic mass is 16.4. The van der Waals surface area contributed by atoms with E-state index in [9.17, 15) is 9.90 Å². The van der Waals surface area contributed by atoms with E-state index >= 15 is 0 Å². The van der Waals surface area contributed by atoms with E-state index in [0.717, 1.165) is 26.2 Å². The average molecular weight is 214 g/mol. The van der Waals surface area contributed by atoms with Gasteiger partial charge >= 0.3 is 5.97 Å². The lowest BCUT2D eigenvalue weighted by atomic mass is 9.90. The number of carbonyl (C=O) groups is 1. The molecule has 15 heavy (non-hydrogen) atoms. The fraction of sp³-hybridized carbons (Fsp3) is 0.909. The molecular formula is C11H22N2O2. The standard InChI is InChI=1S/C11H22N2O2/c1-4-11(5-2,10(14)15)13-8-6-12(3)7-9-13/h4-9H2,1-3H3,(H,14,15). The summed E-state index contributed by atoms with van der Waals surface area (Å²) in [5, 5.41) is 9.39. The molecule has 1 N–H and O–H groups in total. The van der Waals surface area contributed by atoms with Gasteiger partial charge in [-0.25, -0.2) is 0 Å². The number of hydrogen-bond acceptors (Lipinski definition) is 3. The molecule has 0 spiro atoms. The first-order valence-electron chi connectivity index (χ1n) is 5.73. The fourth-order valence-electron chi connectivity index (χ4n) is 2.37. The van der Waals surface area contributed by atoms with Crippen LogP contribution < -0.4 is 0 Å². The molecule has 1 heterocycles. The van der Waals surface area contributed by atoms with E-state index in [-0.39, 0.29) is 0 Å². The molecule has 0 bridgehead atoms. The van der Waals surface area contributed by atoms with Gasteiger partial charge in [0.05, 0.1) is 0 Å². The Labute approximate surface area is 91.9 Å². The van der Waals surface area contributed by atoms with Crippen molar-refractivity contribution < 1.29 is 9.90 Å². The smallest absolute Gasteiger partial charge is 0.324 e. The van der Waals surface area contributed by atoms with E-state index in [1.807, 2.05) is 13.8 Å². The number of hydrogen-bond donors (Lipinski definition) is 1. The van der Waals surface area contributed by atoms with Gasteiger partial charge in [0.15, 0.2) is 0 Å². The Kier molecular flexibility index (Phi) is 4.11. The van der Waals surface area contributed by atoms with Crippen molar-refractivity contribution >= 4 is 5.97 Å². The van der Waals surface area contributed by atoms with Gasteiger partial charge in [-0.2, -0.15) is 0 Å². The van der Waals surface area contributed by atoms with Crippen molar-refractivity contribution in [2.75, 3.05) is 33.2 Å². The normalized spacial score (nSPS) is 20.5. The highest BCUT2D eigenvalue weighted by Gasteiger charge is 2.41. The molecule has 0 aliphatic carbocycles. The summed E-state index contributed by atoms with van der Waals surface area (Å²) < 4.78 is 0. The third kappa shape index (κ3) is 2.32. The van der Waals surface area contributed by atoms with Crippen LogP contribution in [0.5, 0.6) is 0 Å². The molecule has 0 aromatic heterocycles. The SMILES string of the molecule is CCC(CC)(C(=O)O)N1CCN(C)CC1. The van der Waals surface area contributed by atoms with Crippen molar-refractivity contribution in [2.45, 2.75) is 32.2 Å². The maximum Gasteiger partial charge on any atom is 0.324 e. The third-order valence-electron chi connectivity index (χ3n) is 3.68. The zero-order valence-electron chi connectivity index (χ0n) is 9.99. The summed E-state index contributed by atoms with van der Waals surface area (Å²) in [5.41, 5.74) is -0.638. The Morgan fingerprint density at radius 1 is 1.20 bits per heavy atom. The quantitative estimate of drug-likeness (QED) is 0.754. The van der Waals surface area contributed by atoms with Gasteiger partial charge in [0.2, 0.25) is 0 Å². The second-order valence-corrected chi connectivity index (χ2v) is 4.33. The van der Waals surface area contributed by atoms with Crippen molar-refractivity contribution in [3.8, 4) is 0 Å². The highest BCUT2D eigenvalue weighted by Crippen LogP contribution is 2.25. The van der Waals surface area contributed by atoms with Crippen molar-refractivity contribution in [3.63, 3.8) is 0 Å². The topological polar surface area (TPSA) is 43.8 Å². The van der Waals surface area contributed by atoms with Gasteiger partial charge < -0.3 is 10.0 Å². The Morgan fingerprint density at radius 3 is 2.00 bits per heavy atom. The summed E-state index contributed by atoms with van der Waals surface area (Å²) in [6.07, 6.45) is 1.37. The fourth-order valence-corrected chi connectivity index (χ4v) is 2.37. The first-order valence-corrected chi connectivity index (χ1v) is 5.73. The summed E-state index contributed by atoms with van der Waals surface area (Å²) in [6, 6.07) is 0. The Hall–Kier alpha value is -0.610. The second-order valence-electron chi connectivity index (χ2n) is 4.33. The lowest BCUT2D eigenvalue weighted by Gasteiger charge is -2.43. The molecular weight excluding hydrogens is 192 g/mol. The Balaban J connectivity index is 2.76. The van der Waals surface area contributed by atoms with E-state index < -0.39 is 11.5 Å². The number of nitrogens with zero attached hydrogens (tertiary/aromatic N) is 2. The third-order valence-corrected chi connectivity index (χ3v) is 3.68. The van der Waals surface area contributed by atoms with Crippen LogP contribution in [-0.2, 0) is 4.79 Å². The summed E-state index contributed by atoms with van der Waals surface area (Å²) in [4.78, 5) is 15.8. The molecule has 1 fully saturated rings. The molecule has 0 aromatic rings. The number of carboxylic acids is 1. The highest BCUT2D eigenvalue weighted by molar-refractivity contribution is 5.78. The van der Waals surface area contributed by atoms with Gasteiger partial charge in [-0.1, -0.05) is 13.8 Å². The minimum Gasteiger partial charge on any atom is -0.480 e. The van der Waals surface area contributed by atoms with Crippen molar-refractivity contribution in [3.05, 3.63) is 0 Å². The largest absolute Gasteiger partial charge is 0.480 e. The van der Waals surface area contributed by atoms with Gasteiger partial charge in [0.1, 0.15) is 5.54 Å². The van der Waals surface area contributed by atoms with Crippen LogP contribution in [0.3, 0.4) is 0 Å². The van der Waals surface area contributed by atoms with Crippen LogP contribution in [0.2, 0.25) is 0 Å². The monoisotopic (exact) mass is 214 g/mol. The van der Waals surface area contributed by atoms with Crippen LogP contribution in [0.25, 0.3) is 0 Å². The van der Waals surface area contributed by atoms with Crippen molar-refractivity contribution in [2.24, 2.45) is 0 Å². The zero-order valence-corrected chi connectivity index (χ0v) is 9.99. The Bertz CT molecular complexity index is 219. The molecule has 0 aromatic carbocycles. The van der Waals surface area contributed by atoms with Gasteiger partial charge in [-0.15, -0.1) is 0 Å². The minimum atomic E-state index is -0.669. The van der Waals surface area contributed by atoms with E-state index in [4.69, 9.17) is 0 Å². The molecule has 1 aliphatic heterocycles. The summed E-state index contributed by atoms with van der Waals surface area (Å²) in [5.74, 6) is -0.669. The van der Waals surface area contributed by atoms with Gasteiger partial charge in [-0.05, 0) is 19.9 Å². The predicted octanol–water partition coefficient (Wildman–Crippen LogP) is 0.877. The zero-order chi connectivity index (χ0) is 11.5. The van der Waals surface area contributed by atoms with Crippen LogP contribution >= 0.6 is 0 Å². The van der Waals surface area contributed by atoms with Crippen LogP contribution in [-0.4, -0.2) is 59.6 Å². The summed E-state index contributed by atoms with van der Waals surface area (Å²) >= 11 is 0.